The van der Waals surface area contributed by atoms with Gasteiger partial charge in [0.1, 0.15) is 17.7 Å². The molecule has 0 aromatic heterocycles. The number of carbonyl (C=O) groups excluding carboxylic acids is 4. The van der Waals surface area contributed by atoms with E-state index in [1.807, 2.05) is 30.3 Å². The van der Waals surface area contributed by atoms with Gasteiger partial charge in [0, 0.05) is 37.5 Å². The molecular weight excluding hydrogens is 666 g/mol. The Morgan fingerprint density at radius 2 is 1.94 bits per heavy atom. The van der Waals surface area contributed by atoms with E-state index < -0.39 is 41.7 Å². The molecule has 47 heavy (non-hydrogen) atoms. The van der Waals surface area contributed by atoms with Crippen LogP contribution in [0.15, 0.2) is 55.6 Å². The summed E-state index contributed by atoms with van der Waals surface area (Å²) in [6.45, 7) is 10.9. The highest BCUT2D eigenvalue weighted by atomic mass is 79.9. The number of benzene rings is 1. The minimum Gasteiger partial charge on any atom is -0.455 e. The minimum absolute atomic E-state index is 0.0503. The molecule has 258 valence electrons. The molecule has 11 heteroatoms. The highest BCUT2D eigenvalue weighted by Crippen LogP contribution is 2.60. The van der Waals surface area contributed by atoms with Crippen molar-refractivity contribution in [3.63, 3.8) is 0 Å². The Bertz CT molecular complexity index is 1260. The van der Waals surface area contributed by atoms with Crippen molar-refractivity contribution in [2.24, 2.45) is 11.8 Å². The number of alkyl halides is 1. The van der Waals surface area contributed by atoms with Crippen LogP contribution < -0.4 is 5.32 Å². The first kappa shape index (κ1) is 36.8. The number of ether oxygens (including phenoxy) is 2. The summed E-state index contributed by atoms with van der Waals surface area (Å²) in [7, 11) is 0. The third kappa shape index (κ3) is 8.17. The minimum atomic E-state index is -1.20. The lowest BCUT2D eigenvalue weighted by molar-refractivity contribution is -0.160. The average Bonchev–Trinajstić information content (AvgIpc) is 3.66. The van der Waals surface area contributed by atoms with Crippen molar-refractivity contribution in [2.45, 2.75) is 93.4 Å². The van der Waals surface area contributed by atoms with E-state index in [0.29, 0.717) is 57.3 Å². The Labute approximate surface area is 287 Å². The van der Waals surface area contributed by atoms with Crippen LogP contribution in [0.4, 0.5) is 0 Å². The Balaban J connectivity index is 1.64. The van der Waals surface area contributed by atoms with Gasteiger partial charge in [0.25, 0.3) is 0 Å². The smallest absolute Gasteiger partial charge is 0.313 e. The van der Waals surface area contributed by atoms with Gasteiger partial charge in [-0.05, 0) is 44.1 Å². The molecule has 0 radical (unpaired) electrons. The number of likely N-dealkylation sites (tertiary alicyclic amines) is 1. The third-order valence-corrected chi connectivity index (χ3v) is 10.4. The summed E-state index contributed by atoms with van der Waals surface area (Å²) < 4.78 is 12.8. The number of unbranched alkanes of at least 4 members (excludes halogenated alkanes) is 4. The molecule has 10 nitrogen and oxygen atoms in total. The Kier molecular flexibility index (Phi) is 13.6. The number of amides is 3. The zero-order chi connectivity index (χ0) is 34.0. The first-order chi connectivity index (χ1) is 22.7. The molecule has 1 aromatic rings. The normalized spacial score (nSPS) is 26.5. The fourth-order valence-electron chi connectivity index (χ4n) is 7.30. The summed E-state index contributed by atoms with van der Waals surface area (Å²) in [5, 5.41) is 12.2. The van der Waals surface area contributed by atoms with Crippen molar-refractivity contribution in [3.8, 4) is 0 Å². The van der Waals surface area contributed by atoms with Crippen molar-refractivity contribution in [1.29, 1.82) is 0 Å². The number of hydrogen-bond donors (Lipinski definition) is 2. The van der Waals surface area contributed by atoms with Crippen molar-refractivity contribution in [3.05, 3.63) is 61.2 Å². The van der Waals surface area contributed by atoms with Crippen LogP contribution in [0.5, 0.6) is 0 Å². The molecular formula is C36H50BrN3O7. The van der Waals surface area contributed by atoms with Crippen molar-refractivity contribution >= 4 is 39.6 Å². The molecule has 1 spiro atoms. The van der Waals surface area contributed by atoms with E-state index in [9.17, 15) is 24.3 Å². The van der Waals surface area contributed by atoms with Crippen LogP contribution in [0.25, 0.3) is 0 Å². The quantitative estimate of drug-likeness (QED) is 0.0884. The summed E-state index contributed by atoms with van der Waals surface area (Å²) in [6, 6.07) is 8.29. The number of esters is 1. The van der Waals surface area contributed by atoms with Gasteiger partial charge in [0.15, 0.2) is 0 Å². The van der Waals surface area contributed by atoms with E-state index in [-0.39, 0.29) is 42.1 Å². The third-order valence-electron chi connectivity index (χ3n) is 9.54. The maximum absolute atomic E-state index is 14.5. The largest absolute Gasteiger partial charge is 0.455 e. The molecule has 4 rings (SSSR count). The number of carbonyl (C=O) groups is 4. The van der Waals surface area contributed by atoms with Crippen LogP contribution in [0.1, 0.15) is 76.4 Å². The number of halogens is 1. The van der Waals surface area contributed by atoms with E-state index in [2.05, 4.69) is 41.3 Å². The zero-order valence-electron chi connectivity index (χ0n) is 27.5. The van der Waals surface area contributed by atoms with Gasteiger partial charge < -0.3 is 29.7 Å². The predicted molar refractivity (Wildman–Crippen MR) is 182 cm³/mol. The molecule has 2 bridgehead atoms. The molecule has 7 atom stereocenters. The van der Waals surface area contributed by atoms with Gasteiger partial charge in [-0.15, -0.1) is 13.2 Å². The molecule has 0 saturated carbocycles. The lowest BCUT2D eigenvalue weighted by Crippen LogP contribution is -2.57. The molecule has 3 aliphatic heterocycles. The van der Waals surface area contributed by atoms with Crippen LogP contribution in [-0.2, 0) is 28.7 Å². The second-order valence-electron chi connectivity index (χ2n) is 12.7. The van der Waals surface area contributed by atoms with Crippen LogP contribution in [0.2, 0.25) is 0 Å². The van der Waals surface area contributed by atoms with E-state index in [4.69, 9.17) is 9.47 Å². The fraction of sp³-hybridized carbons (Fsp3) is 0.611. The summed E-state index contributed by atoms with van der Waals surface area (Å²) >= 11 is 3.73. The van der Waals surface area contributed by atoms with Gasteiger partial charge in [-0.3, -0.25) is 19.2 Å². The van der Waals surface area contributed by atoms with Gasteiger partial charge in [-0.1, -0.05) is 78.2 Å². The maximum Gasteiger partial charge on any atom is 0.313 e. The van der Waals surface area contributed by atoms with Crippen molar-refractivity contribution in [2.75, 3.05) is 32.8 Å². The number of rotatable bonds is 20. The molecule has 3 saturated heterocycles. The topological polar surface area (TPSA) is 125 Å². The fourth-order valence-corrected chi connectivity index (χ4v) is 8.25. The second kappa shape index (κ2) is 17.4. The summed E-state index contributed by atoms with van der Waals surface area (Å²) in [5.41, 5.74) is -0.485. The zero-order valence-corrected chi connectivity index (χ0v) is 29.1. The van der Waals surface area contributed by atoms with E-state index in [0.717, 1.165) is 19.3 Å². The number of aliphatic hydroxyl groups excluding tert-OH is 1. The lowest BCUT2D eigenvalue weighted by atomic mass is 9.70. The molecule has 3 fully saturated rings. The van der Waals surface area contributed by atoms with E-state index in [1.165, 1.54) is 0 Å². The van der Waals surface area contributed by atoms with Gasteiger partial charge in [0.05, 0.1) is 24.5 Å². The molecule has 1 unspecified atom stereocenters. The molecule has 2 N–H and O–H groups in total. The summed E-state index contributed by atoms with van der Waals surface area (Å²) in [5.74, 6) is -3.07. The number of nitrogens with one attached hydrogen (secondary N) is 1. The summed E-state index contributed by atoms with van der Waals surface area (Å²) in [6.07, 6.45) is 7.82. The van der Waals surface area contributed by atoms with Crippen LogP contribution in [0.3, 0.4) is 0 Å². The van der Waals surface area contributed by atoms with Gasteiger partial charge in [-0.2, -0.15) is 0 Å². The predicted octanol–water partition coefficient (Wildman–Crippen LogP) is 4.47. The first-order valence-corrected chi connectivity index (χ1v) is 17.9. The number of nitrogens with zero attached hydrogens (tertiary/aromatic N) is 2. The molecule has 3 amide bonds. The van der Waals surface area contributed by atoms with Gasteiger partial charge in [-0.25, -0.2) is 0 Å². The Hall–Kier alpha value is -3.02. The molecule has 3 aliphatic rings. The lowest BCUT2D eigenvalue weighted by Gasteiger charge is -2.37. The highest BCUT2D eigenvalue weighted by molar-refractivity contribution is 9.09. The standard InChI is InChI=1S/C36H50BrN3O7/c1-4-7-13-20-39(19-6-3)34(44)32-36-23-26(37)31(47-36)29(30(36)33(43)40(32)21-14-10-15-22-41)35(45)46-27(25-16-11-9-12-17-25)24-38-28(42)18-8-5-2/h5-6,9,11-12,16-17,26-27,29-32,41H,2-4,7-8,10,13-15,18-24H2,1H3,(H,38,42)/t26?,27-,29-,30+,31-,32-,36+/m1/s1. The number of aliphatic hydroxyl groups is 1. The Morgan fingerprint density at radius 3 is 2.62 bits per heavy atom. The number of fused-ring (bicyclic) bond motifs is 1. The van der Waals surface area contributed by atoms with E-state index >= 15 is 0 Å². The maximum atomic E-state index is 14.5. The van der Waals surface area contributed by atoms with E-state index in [1.54, 1.807) is 22.0 Å². The van der Waals surface area contributed by atoms with Crippen LogP contribution in [0, 0.1) is 11.8 Å². The monoisotopic (exact) mass is 715 g/mol. The SMILES string of the molecule is C=CCCC(=O)NC[C@@H](OC(=O)[C@H]1[C@@H]2O[C@@]3(CC2Br)[C@@H]1C(=O)N(CCCCCO)[C@@H]3C(=O)N(CC=C)CCCCC)c1ccccc1. The Morgan fingerprint density at radius 1 is 1.17 bits per heavy atom. The highest BCUT2D eigenvalue weighted by Gasteiger charge is 2.77. The summed E-state index contributed by atoms with van der Waals surface area (Å²) in [4.78, 5) is 58.6. The number of allylic oxidation sites excluding steroid dienone is 1. The number of hydrogen-bond acceptors (Lipinski definition) is 7. The molecule has 3 heterocycles. The van der Waals surface area contributed by atoms with Gasteiger partial charge in [0.2, 0.25) is 17.7 Å². The molecule has 0 aliphatic carbocycles. The average molecular weight is 717 g/mol. The van der Waals surface area contributed by atoms with Gasteiger partial charge >= 0.3 is 5.97 Å². The second-order valence-corrected chi connectivity index (χ2v) is 13.9. The van der Waals surface area contributed by atoms with Crippen LogP contribution in [-0.4, -0.2) is 94.0 Å². The molecule has 1 aromatic carbocycles. The van der Waals surface area contributed by atoms with Crippen LogP contribution >= 0.6 is 15.9 Å². The first-order valence-electron chi connectivity index (χ1n) is 17.0. The van der Waals surface area contributed by atoms with Crippen molar-refractivity contribution < 1.29 is 33.8 Å². The van der Waals surface area contributed by atoms with Crippen molar-refractivity contribution in [1.82, 2.24) is 15.1 Å².